The van der Waals surface area contributed by atoms with Gasteiger partial charge in [-0.2, -0.15) is 0 Å². The SMILES string of the molecule is CCCCCCCC/C=C/CCCCCCCCSP(=O)(O)O. The monoisotopic (exact) mass is 364 g/mol. The summed E-state index contributed by atoms with van der Waals surface area (Å²) in [4.78, 5) is 17.4. The van der Waals surface area contributed by atoms with E-state index in [9.17, 15) is 4.57 Å². The molecule has 0 radical (unpaired) electrons. The Morgan fingerprint density at radius 1 is 0.739 bits per heavy atom. The third-order valence-corrected chi connectivity index (χ3v) is 6.28. The first-order chi connectivity index (χ1) is 11.1. The van der Waals surface area contributed by atoms with Crippen LogP contribution in [0.15, 0.2) is 12.2 Å². The average Bonchev–Trinajstić information content (AvgIpc) is 2.49. The van der Waals surface area contributed by atoms with E-state index >= 15 is 0 Å². The molecule has 0 saturated carbocycles. The van der Waals surface area contributed by atoms with Gasteiger partial charge in [-0.3, -0.25) is 0 Å². The van der Waals surface area contributed by atoms with Gasteiger partial charge in [0, 0.05) is 5.75 Å². The van der Waals surface area contributed by atoms with Crippen LogP contribution >= 0.6 is 18.2 Å². The molecule has 0 aromatic rings. The van der Waals surface area contributed by atoms with Gasteiger partial charge >= 0.3 is 6.80 Å². The molecule has 0 saturated heterocycles. The molecule has 0 aliphatic carbocycles. The van der Waals surface area contributed by atoms with E-state index in [4.69, 9.17) is 9.79 Å². The van der Waals surface area contributed by atoms with Crippen molar-refractivity contribution in [1.82, 2.24) is 0 Å². The van der Waals surface area contributed by atoms with Crippen molar-refractivity contribution in [2.75, 3.05) is 5.75 Å². The lowest BCUT2D eigenvalue weighted by atomic mass is 10.1. The minimum Gasteiger partial charge on any atom is -0.317 e. The maximum atomic E-state index is 10.6. The summed E-state index contributed by atoms with van der Waals surface area (Å²) in [6.07, 6.45) is 22.3. The summed E-state index contributed by atoms with van der Waals surface area (Å²) in [6, 6.07) is 0. The third kappa shape index (κ3) is 22.2. The van der Waals surface area contributed by atoms with Crippen LogP contribution in [0.4, 0.5) is 0 Å². The Morgan fingerprint density at radius 2 is 1.17 bits per heavy atom. The second-order valence-electron chi connectivity index (χ2n) is 6.26. The van der Waals surface area contributed by atoms with Crippen molar-refractivity contribution in [2.24, 2.45) is 0 Å². The lowest BCUT2D eigenvalue weighted by Gasteiger charge is -2.03. The molecule has 0 atom stereocenters. The van der Waals surface area contributed by atoms with Gasteiger partial charge < -0.3 is 9.79 Å². The molecule has 138 valence electrons. The number of hydrogen-bond acceptors (Lipinski definition) is 2. The van der Waals surface area contributed by atoms with Crippen molar-refractivity contribution < 1.29 is 14.4 Å². The second kappa shape index (κ2) is 17.1. The summed E-state index contributed by atoms with van der Waals surface area (Å²) in [6.45, 7) is -1.59. The standard InChI is InChI=1S/C18H37O3PS/c1-2-3-4-5-6-7-8-9-10-11-12-13-14-15-16-17-18-23-22(19,20)21/h9-10H,2-8,11-18H2,1H3,(H2,19,20,21)/b10-9+. The first-order valence-electron chi connectivity index (χ1n) is 9.41. The number of allylic oxidation sites excluding steroid dienone is 2. The highest BCUT2D eigenvalue weighted by Crippen LogP contribution is 2.50. The topological polar surface area (TPSA) is 57.5 Å². The molecule has 0 amide bonds. The summed E-state index contributed by atoms with van der Waals surface area (Å²) >= 11 is 0.778. The Balaban J connectivity index is 3.12. The van der Waals surface area contributed by atoms with Crippen LogP contribution in [-0.4, -0.2) is 15.5 Å². The van der Waals surface area contributed by atoms with Gasteiger partial charge in [0.1, 0.15) is 0 Å². The summed E-state index contributed by atoms with van der Waals surface area (Å²) in [5, 5.41) is 0. The summed E-state index contributed by atoms with van der Waals surface area (Å²) < 4.78 is 10.6. The molecule has 0 unspecified atom stereocenters. The highest BCUT2D eigenvalue weighted by atomic mass is 32.7. The van der Waals surface area contributed by atoms with Crippen molar-refractivity contribution in [3.63, 3.8) is 0 Å². The first kappa shape index (κ1) is 23.2. The van der Waals surface area contributed by atoms with E-state index in [0.717, 1.165) is 24.2 Å². The zero-order chi connectivity index (χ0) is 17.2. The lowest BCUT2D eigenvalue weighted by Crippen LogP contribution is -1.83. The van der Waals surface area contributed by atoms with Crippen molar-refractivity contribution >= 4 is 18.2 Å². The van der Waals surface area contributed by atoms with Gasteiger partial charge in [-0.25, -0.2) is 4.57 Å². The smallest absolute Gasteiger partial charge is 0.317 e. The highest BCUT2D eigenvalue weighted by molar-refractivity contribution is 8.54. The molecule has 0 spiro atoms. The van der Waals surface area contributed by atoms with Crippen molar-refractivity contribution in [3.05, 3.63) is 12.2 Å². The Bertz CT molecular complexity index is 315. The van der Waals surface area contributed by atoms with Gasteiger partial charge in [-0.1, -0.05) is 76.9 Å². The number of hydrogen-bond donors (Lipinski definition) is 2. The van der Waals surface area contributed by atoms with E-state index in [1.807, 2.05) is 0 Å². The fraction of sp³-hybridized carbons (Fsp3) is 0.889. The van der Waals surface area contributed by atoms with Crippen LogP contribution < -0.4 is 0 Å². The fourth-order valence-electron chi connectivity index (χ4n) is 2.53. The Kier molecular flexibility index (Phi) is 17.3. The average molecular weight is 365 g/mol. The minimum atomic E-state index is -3.85. The van der Waals surface area contributed by atoms with Crippen LogP contribution in [0.1, 0.15) is 96.8 Å². The third-order valence-electron chi connectivity index (χ3n) is 3.92. The normalized spacial score (nSPS) is 12.3. The van der Waals surface area contributed by atoms with Crippen molar-refractivity contribution in [3.8, 4) is 0 Å². The fourth-order valence-corrected chi connectivity index (χ4v) is 4.20. The van der Waals surface area contributed by atoms with Crippen LogP contribution in [0.3, 0.4) is 0 Å². The van der Waals surface area contributed by atoms with Crippen LogP contribution in [0.25, 0.3) is 0 Å². The largest absolute Gasteiger partial charge is 0.383 e. The molecule has 23 heavy (non-hydrogen) atoms. The van der Waals surface area contributed by atoms with Gasteiger partial charge in [-0.15, -0.1) is 0 Å². The van der Waals surface area contributed by atoms with Gasteiger partial charge in [-0.05, 0) is 43.5 Å². The molecule has 5 heteroatoms. The maximum Gasteiger partial charge on any atom is 0.383 e. The van der Waals surface area contributed by atoms with Crippen LogP contribution in [0, 0.1) is 0 Å². The van der Waals surface area contributed by atoms with Gasteiger partial charge in [0.25, 0.3) is 0 Å². The Hall–Kier alpha value is 0.240. The van der Waals surface area contributed by atoms with Gasteiger partial charge in [0.15, 0.2) is 0 Å². The zero-order valence-corrected chi connectivity index (χ0v) is 16.6. The molecule has 2 N–H and O–H groups in total. The summed E-state index contributed by atoms with van der Waals surface area (Å²) in [7, 11) is 0. The molecule has 0 aromatic heterocycles. The van der Waals surface area contributed by atoms with Gasteiger partial charge in [0.2, 0.25) is 0 Å². The molecule has 3 nitrogen and oxygen atoms in total. The summed E-state index contributed by atoms with van der Waals surface area (Å²) in [5.41, 5.74) is 0. The van der Waals surface area contributed by atoms with E-state index in [2.05, 4.69) is 19.1 Å². The van der Waals surface area contributed by atoms with Gasteiger partial charge in [0.05, 0.1) is 0 Å². The predicted molar refractivity (Wildman–Crippen MR) is 104 cm³/mol. The van der Waals surface area contributed by atoms with Crippen LogP contribution in [-0.2, 0) is 4.57 Å². The van der Waals surface area contributed by atoms with E-state index in [0.29, 0.717) is 5.75 Å². The van der Waals surface area contributed by atoms with E-state index in [-0.39, 0.29) is 0 Å². The molecule has 0 aromatic carbocycles. The maximum absolute atomic E-state index is 10.6. The quantitative estimate of drug-likeness (QED) is 0.168. The minimum absolute atomic E-state index is 0.575. The number of rotatable bonds is 17. The van der Waals surface area contributed by atoms with Crippen molar-refractivity contribution in [2.45, 2.75) is 96.8 Å². The van der Waals surface area contributed by atoms with E-state index < -0.39 is 6.80 Å². The molecule has 0 bridgehead atoms. The van der Waals surface area contributed by atoms with Crippen molar-refractivity contribution in [1.29, 1.82) is 0 Å². The molecular weight excluding hydrogens is 327 g/mol. The summed E-state index contributed by atoms with van der Waals surface area (Å²) in [5.74, 6) is 0.575. The highest BCUT2D eigenvalue weighted by Gasteiger charge is 2.11. The Labute approximate surface area is 147 Å². The predicted octanol–water partition coefficient (Wildman–Crippen LogP) is 6.85. The Morgan fingerprint density at radius 3 is 1.65 bits per heavy atom. The van der Waals surface area contributed by atoms with Crippen LogP contribution in [0.2, 0.25) is 0 Å². The van der Waals surface area contributed by atoms with Crippen LogP contribution in [0.5, 0.6) is 0 Å². The zero-order valence-electron chi connectivity index (χ0n) is 14.9. The molecule has 0 heterocycles. The molecule has 0 fully saturated rings. The van der Waals surface area contributed by atoms with E-state index in [1.54, 1.807) is 0 Å². The molecule has 0 rings (SSSR count). The molecular formula is C18H37O3PS. The van der Waals surface area contributed by atoms with E-state index in [1.165, 1.54) is 77.0 Å². The first-order valence-corrected chi connectivity index (χ1v) is 12.6. The number of unbranched alkanes of at least 4 members (excludes halogenated alkanes) is 12. The molecule has 0 aliphatic heterocycles. The second-order valence-corrected chi connectivity index (χ2v) is 10.1. The lowest BCUT2D eigenvalue weighted by molar-refractivity contribution is 0.397. The molecule has 0 aliphatic rings.